The standard InChI is InChI=1S/C12H10/c1-3-7-11(8-4-1)12-9-5-2-6-10-12/h1-3,5,7-8,10,12H,9H2. The predicted octanol–water partition coefficient (Wildman–Crippen LogP) is 2.89. The molecule has 0 heterocycles. The van der Waals surface area contributed by atoms with Crippen molar-refractivity contribution < 1.29 is 0 Å². The average molecular weight is 154 g/mol. The van der Waals surface area contributed by atoms with Crippen LogP contribution < -0.4 is 0 Å². The summed E-state index contributed by atoms with van der Waals surface area (Å²) in [6.45, 7) is 0. The van der Waals surface area contributed by atoms with Crippen molar-refractivity contribution in [2.24, 2.45) is 0 Å². The molecule has 58 valence electrons. The third-order valence-electron chi connectivity index (χ3n) is 2.06. The van der Waals surface area contributed by atoms with Crippen LogP contribution in [0.3, 0.4) is 0 Å². The number of hydrogen-bond acceptors (Lipinski definition) is 0. The molecule has 1 aromatic carbocycles. The minimum Gasteiger partial charge on any atom is -0.0830 e. The predicted molar refractivity (Wildman–Crippen MR) is 49.6 cm³/mol. The molecule has 0 saturated carbocycles. The lowest BCUT2D eigenvalue weighted by Gasteiger charge is -2.11. The second kappa shape index (κ2) is 3.40. The second-order valence-electron chi connectivity index (χ2n) is 2.91. The molecule has 0 bridgehead atoms. The molecule has 1 unspecified atom stereocenters. The molecule has 0 aromatic heterocycles. The maximum atomic E-state index is 3.11. The first-order valence-corrected chi connectivity index (χ1v) is 4.17. The topological polar surface area (TPSA) is 0 Å². The highest BCUT2D eigenvalue weighted by Gasteiger charge is 2.06. The maximum Gasteiger partial charge on any atom is 0.00620 e. The summed E-state index contributed by atoms with van der Waals surface area (Å²) in [6.07, 6.45) is 10.4. The summed E-state index contributed by atoms with van der Waals surface area (Å²) >= 11 is 0. The Morgan fingerprint density at radius 2 is 2.42 bits per heavy atom. The summed E-state index contributed by atoms with van der Waals surface area (Å²) in [5.74, 6) is 0.507. The van der Waals surface area contributed by atoms with Gasteiger partial charge in [0, 0.05) is 5.92 Å². The van der Waals surface area contributed by atoms with E-state index in [-0.39, 0.29) is 0 Å². The molecule has 0 aliphatic heterocycles. The minimum atomic E-state index is 0.507. The van der Waals surface area contributed by atoms with E-state index >= 15 is 0 Å². The van der Waals surface area contributed by atoms with Gasteiger partial charge in [-0.05, 0) is 24.1 Å². The van der Waals surface area contributed by atoms with Gasteiger partial charge < -0.3 is 0 Å². The zero-order valence-electron chi connectivity index (χ0n) is 6.83. The fourth-order valence-corrected chi connectivity index (χ4v) is 1.39. The highest BCUT2D eigenvalue weighted by atomic mass is 14.1. The highest BCUT2D eigenvalue weighted by Crippen LogP contribution is 2.23. The van der Waals surface area contributed by atoms with E-state index in [0.29, 0.717) is 5.92 Å². The third kappa shape index (κ3) is 1.48. The molecule has 0 spiro atoms. The van der Waals surface area contributed by atoms with Gasteiger partial charge in [0.05, 0.1) is 0 Å². The Kier molecular flexibility index (Phi) is 2.08. The van der Waals surface area contributed by atoms with Crippen LogP contribution in [0.5, 0.6) is 0 Å². The van der Waals surface area contributed by atoms with Crippen molar-refractivity contribution in [2.45, 2.75) is 12.3 Å². The molecule has 12 heavy (non-hydrogen) atoms. The molecule has 2 rings (SSSR count). The first-order chi connectivity index (χ1) is 5.97. The van der Waals surface area contributed by atoms with Crippen molar-refractivity contribution in [3.63, 3.8) is 0 Å². The van der Waals surface area contributed by atoms with Crippen LogP contribution in [-0.2, 0) is 0 Å². The largest absolute Gasteiger partial charge is 0.0830 e. The Labute approximate surface area is 73.2 Å². The highest BCUT2D eigenvalue weighted by molar-refractivity contribution is 5.26. The van der Waals surface area contributed by atoms with Crippen molar-refractivity contribution in [2.75, 3.05) is 0 Å². The molecule has 2 radical (unpaired) electrons. The molecular formula is C12H10. The van der Waals surface area contributed by atoms with Gasteiger partial charge in [-0.2, -0.15) is 0 Å². The average Bonchev–Trinajstić information content (AvgIpc) is 2.21. The lowest BCUT2D eigenvalue weighted by atomic mass is 9.93. The molecule has 0 heteroatoms. The van der Waals surface area contributed by atoms with Crippen molar-refractivity contribution in [1.82, 2.24) is 0 Å². The Bertz CT molecular complexity index is 293. The van der Waals surface area contributed by atoms with Crippen LogP contribution in [0.15, 0.2) is 42.5 Å². The van der Waals surface area contributed by atoms with Crippen LogP contribution in [0, 0.1) is 12.1 Å². The minimum absolute atomic E-state index is 0.507. The number of rotatable bonds is 1. The normalized spacial score (nSPS) is 21.2. The van der Waals surface area contributed by atoms with E-state index in [4.69, 9.17) is 0 Å². The van der Waals surface area contributed by atoms with Crippen molar-refractivity contribution in [3.8, 4) is 0 Å². The van der Waals surface area contributed by atoms with Crippen LogP contribution >= 0.6 is 0 Å². The lowest BCUT2D eigenvalue weighted by molar-refractivity contribution is 0.850. The summed E-state index contributed by atoms with van der Waals surface area (Å²) < 4.78 is 0. The van der Waals surface area contributed by atoms with Gasteiger partial charge in [-0.1, -0.05) is 42.5 Å². The first-order valence-electron chi connectivity index (χ1n) is 4.17. The maximum absolute atomic E-state index is 3.11. The van der Waals surface area contributed by atoms with Crippen LogP contribution in [0.4, 0.5) is 0 Å². The molecule has 1 aliphatic carbocycles. The molecule has 0 nitrogen and oxygen atoms in total. The first kappa shape index (κ1) is 7.35. The van der Waals surface area contributed by atoms with Crippen LogP contribution in [-0.4, -0.2) is 0 Å². The summed E-state index contributed by atoms with van der Waals surface area (Å²) in [4.78, 5) is 0. The van der Waals surface area contributed by atoms with Crippen LogP contribution in [0.2, 0.25) is 0 Å². The monoisotopic (exact) mass is 154 g/mol. The zero-order valence-corrected chi connectivity index (χ0v) is 6.83. The Morgan fingerprint density at radius 1 is 1.42 bits per heavy atom. The van der Waals surface area contributed by atoms with Gasteiger partial charge in [0.15, 0.2) is 0 Å². The van der Waals surface area contributed by atoms with Crippen molar-refractivity contribution >= 4 is 0 Å². The van der Waals surface area contributed by atoms with Gasteiger partial charge in [-0.25, -0.2) is 0 Å². The molecule has 0 amide bonds. The van der Waals surface area contributed by atoms with E-state index in [1.807, 2.05) is 24.3 Å². The van der Waals surface area contributed by atoms with Gasteiger partial charge in [-0.15, -0.1) is 0 Å². The Balaban J connectivity index is 2.21. The molecule has 0 fully saturated rings. The van der Waals surface area contributed by atoms with Gasteiger partial charge in [0.1, 0.15) is 0 Å². The number of allylic oxidation sites excluding steroid dienone is 4. The summed E-state index contributed by atoms with van der Waals surface area (Å²) in [5.41, 5.74) is 1.33. The van der Waals surface area contributed by atoms with Gasteiger partial charge >= 0.3 is 0 Å². The summed E-state index contributed by atoms with van der Waals surface area (Å²) in [7, 11) is 0. The SMILES string of the molecule is [C]1=CC(c2c[c]ccc2)CC=C1. The van der Waals surface area contributed by atoms with Crippen molar-refractivity contribution in [1.29, 1.82) is 0 Å². The van der Waals surface area contributed by atoms with Gasteiger partial charge in [-0.3, -0.25) is 0 Å². The molecule has 1 aromatic rings. The Morgan fingerprint density at radius 3 is 3.08 bits per heavy atom. The molecule has 0 N–H and O–H groups in total. The third-order valence-corrected chi connectivity index (χ3v) is 2.06. The summed E-state index contributed by atoms with van der Waals surface area (Å²) in [5, 5.41) is 0. The van der Waals surface area contributed by atoms with E-state index in [1.54, 1.807) is 0 Å². The lowest BCUT2D eigenvalue weighted by Crippen LogP contribution is -1.95. The van der Waals surface area contributed by atoms with E-state index in [0.717, 1.165) is 6.42 Å². The fraction of sp³-hybridized carbons (Fsp3) is 0.167. The van der Waals surface area contributed by atoms with Crippen molar-refractivity contribution in [3.05, 3.63) is 60.2 Å². The fourth-order valence-electron chi connectivity index (χ4n) is 1.39. The molecule has 0 saturated heterocycles. The Hall–Kier alpha value is -1.30. The van der Waals surface area contributed by atoms with E-state index in [1.165, 1.54) is 5.56 Å². The quantitative estimate of drug-likeness (QED) is 0.583. The van der Waals surface area contributed by atoms with Gasteiger partial charge in [0.2, 0.25) is 0 Å². The molecule has 1 aliphatic rings. The van der Waals surface area contributed by atoms with E-state index in [9.17, 15) is 0 Å². The smallest absolute Gasteiger partial charge is 0.00620 e. The van der Waals surface area contributed by atoms with E-state index in [2.05, 4.69) is 30.4 Å². The number of benzene rings is 1. The zero-order chi connectivity index (χ0) is 8.23. The molecule has 1 atom stereocenters. The second-order valence-corrected chi connectivity index (χ2v) is 2.91. The van der Waals surface area contributed by atoms with Gasteiger partial charge in [0.25, 0.3) is 0 Å². The molecular weight excluding hydrogens is 144 g/mol. The van der Waals surface area contributed by atoms with Crippen LogP contribution in [0.1, 0.15) is 17.9 Å². The number of hydrogen-bond donors (Lipinski definition) is 0. The van der Waals surface area contributed by atoms with Crippen LogP contribution in [0.25, 0.3) is 0 Å². The summed E-state index contributed by atoms with van der Waals surface area (Å²) in [6, 6.07) is 11.2. The van der Waals surface area contributed by atoms with E-state index < -0.39 is 0 Å².